The summed E-state index contributed by atoms with van der Waals surface area (Å²) in [5, 5.41) is 3.46. The van der Waals surface area contributed by atoms with Gasteiger partial charge in [-0.2, -0.15) is 0 Å². The van der Waals surface area contributed by atoms with Crippen LogP contribution in [-0.4, -0.2) is 27.6 Å². The quantitative estimate of drug-likeness (QED) is 0.857. The van der Waals surface area contributed by atoms with Crippen LogP contribution in [0, 0.1) is 0 Å². The Bertz CT molecular complexity index is 511. The molecule has 1 N–H and O–H groups in total. The number of nitrogens with one attached hydrogen (secondary N) is 1. The van der Waals surface area contributed by atoms with E-state index in [2.05, 4.69) is 21.8 Å². The third-order valence-electron chi connectivity index (χ3n) is 3.51. The minimum atomic E-state index is 0.540. The predicted octanol–water partition coefficient (Wildman–Crippen LogP) is 1.92. The molecule has 1 atom stereocenters. The molecule has 0 bridgehead atoms. The summed E-state index contributed by atoms with van der Waals surface area (Å²) in [5.41, 5.74) is 2.05. The van der Waals surface area contributed by atoms with E-state index in [0.717, 1.165) is 30.8 Å². The number of hydrogen-bond donors (Lipinski definition) is 1. The maximum atomic E-state index is 4.77. The molecule has 0 aromatic carbocycles. The smallest absolute Gasteiger partial charge is 0.159 e. The Morgan fingerprint density at radius 2 is 2.47 bits per heavy atom. The third kappa shape index (κ3) is 1.82. The van der Waals surface area contributed by atoms with Crippen LogP contribution in [0.4, 0.5) is 0 Å². The van der Waals surface area contributed by atoms with Gasteiger partial charge in [0.1, 0.15) is 11.3 Å². The second-order valence-electron chi connectivity index (χ2n) is 4.60. The highest BCUT2D eigenvalue weighted by molar-refractivity contribution is 5.71. The first-order chi connectivity index (χ1) is 8.40. The number of rotatable bonds is 2. The van der Waals surface area contributed by atoms with Crippen LogP contribution >= 0.6 is 0 Å². The number of fused-ring (bicyclic) bond motifs is 1. The van der Waals surface area contributed by atoms with Crippen molar-refractivity contribution in [2.24, 2.45) is 0 Å². The molecule has 17 heavy (non-hydrogen) atoms. The second kappa shape index (κ2) is 4.45. The van der Waals surface area contributed by atoms with Crippen molar-refractivity contribution in [3.63, 3.8) is 0 Å². The lowest BCUT2D eigenvalue weighted by Crippen LogP contribution is -2.30. The molecule has 0 unspecified atom stereocenters. The van der Waals surface area contributed by atoms with Crippen LogP contribution in [-0.2, 0) is 6.54 Å². The molecule has 3 rings (SSSR count). The molecule has 1 aliphatic rings. The number of nitrogens with zero attached hydrogens (tertiary/aromatic N) is 3. The van der Waals surface area contributed by atoms with Crippen molar-refractivity contribution in [1.29, 1.82) is 0 Å². The fourth-order valence-electron chi connectivity index (χ4n) is 2.67. The van der Waals surface area contributed by atoms with E-state index in [1.54, 1.807) is 0 Å². The van der Waals surface area contributed by atoms with Crippen LogP contribution in [0.15, 0.2) is 18.3 Å². The normalized spacial score (nSPS) is 20.9. The molecule has 0 aliphatic carbocycles. The van der Waals surface area contributed by atoms with Crippen molar-refractivity contribution >= 4 is 11.2 Å². The van der Waals surface area contributed by atoms with E-state index in [4.69, 9.17) is 4.98 Å². The molecule has 1 fully saturated rings. The summed E-state index contributed by atoms with van der Waals surface area (Å²) in [6.07, 6.45) is 4.32. The zero-order valence-electron chi connectivity index (χ0n) is 10.2. The maximum absolute atomic E-state index is 4.77. The number of pyridine rings is 1. The molecule has 2 aromatic rings. The molecule has 0 saturated carbocycles. The van der Waals surface area contributed by atoms with Gasteiger partial charge in [0.25, 0.3) is 0 Å². The Morgan fingerprint density at radius 3 is 3.24 bits per heavy atom. The lowest BCUT2D eigenvalue weighted by Gasteiger charge is -2.22. The van der Waals surface area contributed by atoms with Crippen molar-refractivity contribution in [2.45, 2.75) is 32.2 Å². The molecule has 4 nitrogen and oxygen atoms in total. The van der Waals surface area contributed by atoms with Crippen LogP contribution in [0.25, 0.3) is 11.2 Å². The Hall–Kier alpha value is -1.42. The first-order valence-corrected chi connectivity index (χ1v) is 6.42. The van der Waals surface area contributed by atoms with Crippen molar-refractivity contribution in [2.75, 3.05) is 13.1 Å². The third-order valence-corrected chi connectivity index (χ3v) is 3.51. The van der Waals surface area contributed by atoms with E-state index >= 15 is 0 Å². The average molecular weight is 230 g/mol. The average Bonchev–Trinajstić information content (AvgIpc) is 2.78. The Balaban J connectivity index is 2.08. The van der Waals surface area contributed by atoms with Gasteiger partial charge in [-0.1, -0.05) is 0 Å². The number of aromatic nitrogens is 3. The van der Waals surface area contributed by atoms with Gasteiger partial charge in [-0.25, -0.2) is 9.97 Å². The molecule has 0 spiro atoms. The van der Waals surface area contributed by atoms with Gasteiger partial charge >= 0.3 is 0 Å². The van der Waals surface area contributed by atoms with E-state index in [1.165, 1.54) is 18.7 Å². The lowest BCUT2D eigenvalue weighted by molar-refractivity contribution is 0.435. The molecule has 90 valence electrons. The van der Waals surface area contributed by atoms with Crippen molar-refractivity contribution in [1.82, 2.24) is 19.9 Å². The van der Waals surface area contributed by atoms with Gasteiger partial charge in [-0.05, 0) is 38.4 Å². The molecule has 1 aliphatic heterocycles. The standard InChI is InChI=1S/C13H18N4/c1-2-17-12(10-5-3-7-14-9-10)16-11-6-4-8-15-13(11)17/h4,6,8,10,14H,2-3,5,7,9H2,1H3/t10-/m1/s1. The zero-order chi connectivity index (χ0) is 11.7. The largest absolute Gasteiger partial charge is 0.316 e. The Kier molecular flexibility index (Phi) is 2.81. The molecule has 0 radical (unpaired) electrons. The molecule has 2 aromatic heterocycles. The molecule has 1 saturated heterocycles. The fraction of sp³-hybridized carbons (Fsp3) is 0.538. The van der Waals surface area contributed by atoms with Crippen molar-refractivity contribution in [3.8, 4) is 0 Å². The van der Waals surface area contributed by atoms with Gasteiger partial charge in [0.05, 0.1) is 0 Å². The molecular formula is C13H18N4. The summed E-state index contributed by atoms with van der Waals surface area (Å²) in [4.78, 5) is 9.22. The molecular weight excluding hydrogens is 212 g/mol. The highest BCUT2D eigenvalue weighted by Gasteiger charge is 2.21. The molecule has 0 amide bonds. The maximum Gasteiger partial charge on any atom is 0.159 e. The predicted molar refractivity (Wildman–Crippen MR) is 68.0 cm³/mol. The molecule has 3 heterocycles. The van der Waals surface area contributed by atoms with E-state index in [-0.39, 0.29) is 0 Å². The van der Waals surface area contributed by atoms with Crippen LogP contribution in [0.3, 0.4) is 0 Å². The zero-order valence-corrected chi connectivity index (χ0v) is 10.2. The van der Waals surface area contributed by atoms with E-state index in [1.807, 2.05) is 18.3 Å². The van der Waals surface area contributed by atoms with Gasteiger partial charge in [0, 0.05) is 25.2 Å². The van der Waals surface area contributed by atoms with E-state index in [0.29, 0.717) is 5.92 Å². The number of hydrogen-bond acceptors (Lipinski definition) is 3. The van der Waals surface area contributed by atoms with Crippen molar-refractivity contribution < 1.29 is 0 Å². The summed E-state index contributed by atoms with van der Waals surface area (Å²) in [7, 11) is 0. The highest BCUT2D eigenvalue weighted by Crippen LogP contribution is 2.25. The monoisotopic (exact) mass is 230 g/mol. The van der Waals surface area contributed by atoms with Gasteiger partial charge in [-0.15, -0.1) is 0 Å². The summed E-state index contributed by atoms with van der Waals surface area (Å²) in [5.74, 6) is 1.74. The Labute approximate surface area is 101 Å². The first-order valence-electron chi connectivity index (χ1n) is 6.42. The van der Waals surface area contributed by atoms with Crippen LogP contribution in [0.1, 0.15) is 31.5 Å². The van der Waals surface area contributed by atoms with Gasteiger partial charge in [0.15, 0.2) is 5.65 Å². The lowest BCUT2D eigenvalue weighted by atomic mass is 9.99. The highest BCUT2D eigenvalue weighted by atomic mass is 15.1. The molecule has 4 heteroatoms. The fourth-order valence-corrected chi connectivity index (χ4v) is 2.67. The Morgan fingerprint density at radius 1 is 1.53 bits per heavy atom. The minimum absolute atomic E-state index is 0.540. The summed E-state index contributed by atoms with van der Waals surface area (Å²) in [6.45, 7) is 5.29. The van der Waals surface area contributed by atoms with Gasteiger partial charge < -0.3 is 9.88 Å². The van der Waals surface area contributed by atoms with Crippen LogP contribution < -0.4 is 5.32 Å². The number of imidazole rings is 1. The van der Waals surface area contributed by atoms with E-state index < -0.39 is 0 Å². The van der Waals surface area contributed by atoms with E-state index in [9.17, 15) is 0 Å². The van der Waals surface area contributed by atoms with Gasteiger partial charge in [-0.3, -0.25) is 0 Å². The number of piperidine rings is 1. The first kappa shape index (κ1) is 10.7. The number of aryl methyl sites for hydroxylation is 1. The minimum Gasteiger partial charge on any atom is -0.316 e. The summed E-state index contributed by atoms with van der Waals surface area (Å²) in [6, 6.07) is 4.01. The summed E-state index contributed by atoms with van der Waals surface area (Å²) >= 11 is 0. The van der Waals surface area contributed by atoms with Crippen molar-refractivity contribution in [3.05, 3.63) is 24.2 Å². The second-order valence-corrected chi connectivity index (χ2v) is 4.60. The van der Waals surface area contributed by atoms with Crippen LogP contribution in [0.2, 0.25) is 0 Å². The SMILES string of the molecule is CCn1c([C@@H]2CCCNC2)nc2cccnc21. The topological polar surface area (TPSA) is 42.7 Å². The summed E-state index contributed by atoms with van der Waals surface area (Å²) < 4.78 is 2.26. The van der Waals surface area contributed by atoms with Crippen LogP contribution in [0.5, 0.6) is 0 Å². The van der Waals surface area contributed by atoms with Gasteiger partial charge in [0.2, 0.25) is 0 Å².